The van der Waals surface area contributed by atoms with E-state index in [0.717, 1.165) is 12.8 Å². The smallest absolute Gasteiger partial charge is 0.329 e. The standard InChI is InChI=1S/C12H20N2O4/c1-3-12(2,10(15)16)13-11(17)14-6-8-4-5-9(7-14)18-8/h8-9H,3-7H2,1-2H3,(H,13,17)(H,15,16). The van der Waals surface area contributed by atoms with Gasteiger partial charge < -0.3 is 20.1 Å². The summed E-state index contributed by atoms with van der Waals surface area (Å²) in [5.74, 6) is -1.01. The Labute approximate surface area is 106 Å². The van der Waals surface area contributed by atoms with Crippen LogP contribution in [0.2, 0.25) is 0 Å². The van der Waals surface area contributed by atoms with Crippen LogP contribution < -0.4 is 5.32 Å². The predicted molar refractivity (Wildman–Crippen MR) is 64.3 cm³/mol. The van der Waals surface area contributed by atoms with Gasteiger partial charge in [-0.25, -0.2) is 9.59 Å². The van der Waals surface area contributed by atoms with E-state index in [2.05, 4.69) is 5.32 Å². The van der Waals surface area contributed by atoms with Gasteiger partial charge in [-0.05, 0) is 26.2 Å². The van der Waals surface area contributed by atoms with Gasteiger partial charge in [-0.15, -0.1) is 0 Å². The zero-order valence-corrected chi connectivity index (χ0v) is 10.8. The second kappa shape index (κ2) is 4.76. The Kier molecular flexibility index (Phi) is 3.47. The van der Waals surface area contributed by atoms with Crippen LogP contribution in [-0.2, 0) is 9.53 Å². The third kappa shape index (κ3) is 2.43. The third-order valence-corrected chi connectivity index (χ3v) is 3.89. The van der Waals surface area contributed by atoms with Crippen LogP contribution in [0.15, 0.2) is 0 Å². The van der Waals surface area contributed by atoms with Gasteiger partial charge in [-0.2, -0.15) is 0 Å². The Morgan fingerprint density at radius 2 is 1.94 bits per heavy atom. The highest BCUT2D eigenvalue weighted by Crippen LogP contribution is 2.26. The zero-order valence-electron chi connectivity index (χ0n) is 10.8. The molecule has 2 rings (SSSR count). The van der Waals surface area contributed by atoms with Crippen molar-refractivity contribution < 1.29 is 19.4 Å². The number of amides is 2. The van der Waals surface area contributed by atoms with Gasteiger partial charge in [-0.1, -0.05) is 6.92 Å². The van der Waals surface area contributed by atoms with E-state index in [9.17, 15) is 9.59 Å². The van der Waals surface area contributed by atoms with Gasteiger partial charge in [0.15, 0.2) is 0 Å². The number of fused-ring (bicyclic) bond motifs is 2. The van der Waals surface area contributed by atoms with Crippen LogP contribution in [0.1, 0.15) is 33.1 Å². The van der Waals surface area contributed by atoms with Gasteiger partial charge in [0.25, 0.3) is 0 Å². The highest BCUT2D eigenvalue weighted by atomic mass is 16.5. The summed E-state index contributed by atoms with van der Waals surface area (Å²) in [5, 5.41) is 11.8. The fourth-order valence-electron chi connectivity index (χ4n) is 2.39. The van der Waals surface area contributed by atoms with E-state index in [0.29, 0.717) is 19.5 Å². The van der Waals surface area contributed by atoms with Crippen molar-refractivity contribution in [1.29, 1.82) is 0 Å². The molecule has 2 aliphatic heterocycles. The number of carboxylic acid groups (broad SMARTS) is 1. The second-order valence-corrected chi connectivity index (χ2v) is 5.28. The Morgan fingerprint density at radius 3 is 2.39 bits per heavy atom. The summed E-state index contributed by atoms with van der Waals surface area (Å²) in [6.07, 6.45) is 2.56. The molecular formula is C12H20N2O4. The summed E-state index contributed by atoms with van der Waals surface area (Å²) in [6.45, 7) is 4.39. The molecule has 2 fully saturated rings. The highest BCUT2D eigenvalue weighted by Gasteiger charge is 2.39. The number of carbonyl (C=O) groups is 2. The molecule has 0 radical (unpaired) electrons. The van der Waals surface area contributed by atoms with Crippen molar-refractivity contribution >= 4 is 12.0 Å². The first-order valence-corrected chi connectivity index (χ1v) is 6.40. The largest absolute Gasteiger partial charge is 0.480 e. The first kappa shape index (κ1) is 13.1. The van der Waals surface area contributed by atoms with E-state index in [4.69, 9.17) is 9.84 Å². The lowest BCUT2D eigenvalue weighted by Gasteiger charge is -2.35. The maximum Gasteiger partial charge on any atom is 0.329 e. The first-order chi connectivity index (χ1) is 8.44. The Hall–Kier alpha value is -1.30. The number of aliphatic carboxylic acids is 1. The quantitative estimate of drug-likeness (QED) is 0.783. The fourth-order valence-corrected chi connectivity index (χ4v) is 2.39. The minimum atomic E-state index is -1.20. The number of likely N-dealkylation sites (tertiary alicyclic amines) is 1. The average molecular weight is 256 g/mol. The average Bonchev–Trinajstić information content (AvgIpc) is 2.67. The monoisotopic (exact) mass is 256 g/mol. The molecule has 2 heterocycles. The maximum absolute atomic E-state index is 12.1. The van der Waals surface area contributed by atoms with E-state index in [1.807, 2.05) is 0 Å². The van der Waals surface area contributed by atoms with Crippen molar-refractivity contribution in [2.75, 3.05) is 13.1 Å². The predicted octanol–water partition coefficient (Wildman–Crippen LogP) is 0.812. The molecule has 102 valence electrons. The Morgan fingerprint density at radius 1 is 1.39 bits per heavy atom. The third-order valence-electron chi connectivity index (χ3n) is 3.89. The van der Waals surface area contributed by atoms with Gasteiger partial charge in [0.05, 0.1) is 12.2 Å². The molecule has 2 aliphatic rings. The number of ether oxygens (including phenoxy) is 1. The number of morpholine rings is 1. The van der Waals surface area contributed by atoms with Gasteiger partial charge in [0.2, 0.25) is 0 Å². The number of hydrogen-bond acceptors (Lipinski definition) is 3. The topological polar surface area (TPSA) is 78.9 Å². The molecule has 3 unspecified atom stereocenters. The molecule has 2 amide bonds. The molecule has 3 atom stereocenters. The summed E-state index contributed by atoms with van der Waals surface area (Å²) < 4.78 is 5.64. The molecule has 0 aromatic heterocycles. The number of hydrogen-bond donors (Lipinski definition) is 2. The number of rotatable bonds is 3. The molecule has 2 N–H and O–H groups in total. The Bertz CT molecular complexity index is 348. The lowest BCUT2D eigenvalue weighted by molar-refractivity contribution is -0.144. The van der Waals surface area contributed by atoms with E-state index in [1.54, 1.807) is 11.8 Å². The number of carbonyl (C=O) groups excluding carboxylic acids is 1. The molecule has 6 heteroatoms. The van der Waals surface area contributed by atoms with Crippen LogP contribution in [0, 0.1) is 0 Å². The maximum atomic E-state index is 12.1. The molecule has 0 saturated carbocycles. The fraction of sp³-hybridized carbons (Fsp3) is 0.833. The van der Waals surface area contributed by atoms with E-state index in [1.165, 1.54) is 6.92 Å². The van der Waals surface area contributed by atoms with Crippen LogP contribution in [0.5, 0.6) is 0 Å². The summed E-state index contributed by atoms with van der Waals surface area (Å²) in [7, 11) is 0. The molecule has 2 bridgehead atoms. The van der Waals surface area contributed by atoms with Crippen LogP contribution in [-0.4, -0.2) is 52.8 Å². The summed E-state index contributed by atoms with van der Waals surface area (Å²) in [5.41, 5.74) is -1.20. The summed E-state index contributed by atoms with van der Waals surface area (Å²) in [4.78, 5) is 24.9. The molecule has 0 aromatic rings. The normalized spacial score (nSPS) is 29.8. The zero-order chi connectivity index (χ0) is 13.3. The van der Waals surface area contributed by atoms with Crippen molar-refractivity contribution in [3.05, 3.63) is 0 Å². The Balaban J connectivity index is 1.97. The number of nitrogens with zero attached hydrogens (tertiary/aromatic N) is 1. The van der Waals surface area contributed by atoms with Crippen molar-refractivity contribution in [1.82, 2.24) is 10.2 Å². The molecule has 0 spiro atoms. The van der Waals surface area contributed by atoms with Crippen molar-refractivity contribution in [2.24, 2.45) is 0 Å². The lowest BCUT2D eigenvalue weighted by Crippen LogP contribution is -2.58. The molecule has 18 heavy (non-hydrogen) atoms. The molecule has 0 aliphatic carbocycles. The number of nitrogens with one attached hydrogen (secondary N) is 1. The van der Waals surface area contributed by atoms with Gasteiger partial charge >= 0.3 is 12.0 Å². The van der Waals surface area contributed by atoms with E-state index in [-0.39, 0.29) is 18.2 Å². The van der Waals surface area contributed by atoms with Crippen molar-refractivity contribution in [3.63, 3.8) is 0 Å². The molecule has 0 aromatic carbocycles. The molecule has 6 nitrogen and oxygen atoms in total. The van der Waals surface area contributed by atoms with Gasteiger partial charge in [-0.3, -0.25) is 0 Å². The van der Waals surface area contributed by atoms with E-state index >= 15 is 0 Å². The lowest BCUT2D eigenvalue weighted by atomic mass is 10.00. The van der Waals surface area contributed by atoms with Crippen LogP contribution in [0.25, 0.3) is 0 Å². The van der Waals surface area contributed by atoms with Crippen LogP contribution in [0.3, 0.4) is 0 Å². The molecular weight excluding hydrogens is 236 g/mol. The molecule has 2 saturated heterocycles. The van der Waals surface area contributed by atoms with E-state index < -0.39 is 11.5 Å². The van der Waals surface area contributed by atoms with Crippen LogP contribution in [0.4, 0.5) is 4.79 Å². The first-order valence-electron chi connectivity index (χ1n) is 6.40. The van der Waals surface area contributed by atoms with Crippen molar-refractivity contribution in [2.45, 2.75) is 50.9 Å². The second-order valence-electron chi connectivity index (χ2n) is 5.28. The highest BCUT2D eigenvalue weighted by molar-refractivity contribution is 5.85. The van der Waals surface area contributed by atoms with Crippen molar-refractivity contribution in [3.8, 4) is 0 Å². The minimum absolute atomic E-state index is 0.118. The minimum Gasteiger partial charge on any atom is -0.480 e. The van der Waals surface area contributed by atoms with Gasteiger partial charge in [0, 0.05) is 13.1 Å². The van der Waals surface area contributed by atoms with Crippen LogP contribution >= 0.6 is 0 Å². The SMILES string of the molecule is CCC(C)(NC(=O)N1CC2CCC(C1)O2)C(=O)O. The summed E-state index contributed by atoms with van der Waals surface area (Å²) >= 11 is 0. The summed E-state index contributed by atoms with van der Waals surface area (Å²) in [6, 6.07) is -0.304. The number of carboxylic acids is 1. The number of urea groups is 1. The van der Waals surface area contributed by atoms with Gasteiger partial charge in [0.1, 0.15) is 5.54 Å².